The van der Waals surface area contributed by atoms with Crippen molar-refractivity contribution in [1.82, 2.24) is 4.90 Å². The zero-order chi connectivity index (χ0) is 20.1. The molecule has 0 aromatic heterocycles. The van der Waals surface area contributed by atoms with Gasteiger partial charge < -0.3 is 4.74 Å². The first-order valence-electron chi connectivity index (χ1n) is 8.58. The molecule has 1 aliphatic rings. The van der Waals surface area contributed by atoms with Gasteiger partial charge in [0.05, 0.1) is 29.2 Å². The van der Waals surface area contributed by atoms with Gasteiger partial charge >= 0.3 is 0 Å². The van der Waals surface area contributed by atoms with Gasteiger partial charge in [0.15, 0.2) is 0 Å². The maximum atomic E-state index is 12.3. The molecule has 0 fully saturated rings. The summed E-state index contributed by atoms with van der Waals surface area (Å²) in [5.74, 6) is -0.198. The minimum atomic E-state index is -0.525. The number of nitrogens with zero attached hydrogens (tertiary/aromatic N) is 3. The Labute approximate surface area is 160 Å². The van der Waals surface area contributed by atoms with Gasteiger partial charge in [0, 0.05) is 12.8 Å². The Bertz CT molecular complexity index is 922. The maximum Gasteiger partial charge on any atom is 0.297 e. The predicted molar refractivity (Wildman–Crippen MR) is 103 cm³/mol. The number of ether oxygens (including phenoxy) is 1. The third-order valence-electron chi connectivity index (χ3n) is 4.27. The minimum absolute atomic E-state index is 0.150. The molecule has 0 atom stereocenters. The summed E-state index contributed by atoms with van der Waals surface area (Å²) in [7, 11) is 1.43. The fraction of sp³-hybridized carbons (Fsp3) is 0.211. The summed E-state index contributed by atoms with van der Waals surface area (Å²) in [5, 5.41) is 15.1. The molecule has 0 radical (unpaired) electrons. The quantitative estimate of drug-likeness (QED) is 0.247. The molecule has 1 N–H and O–H groups in total. The first-order chi connectivity index (χ1) is 13.5. The largest absolute Gasteiger partial charge is 0.496 e. The van der Waals surface area contributed by atoms with Crippen LogP contribution in [-0.2, 0) is 0 Å². The Hall–Kier alpha value is -3.75. The van der Waals surface area contributed by atoms with E-state index in [9.17, 15) is 19.7 Å². The van der Waals surface area contributed by atoms with Crippen LogP contribution in [0.15, 0.2) is 47.6 Å². The van der Waals surface area contributed by atoms with E-state index < -0.39 is 4.92 Å². The molecule has 0 spiro atoms. The van der Waals surface area contributed by atoms with Crippen LogP contribution in [-0.4, -0.2) is 41.5 Å². The van der Waals surface area contributed by atoms with Gasteiger partial charge in [-0.15, -0.1) is 0 Å². The lowest BCUT2D eigenvalue weighted by atomic mass is 10.1. The zero-order valence-electron chi connectivity index (χ0n) is 15.1. The Morgan fingerprint density at radius 2 is 1.86 bits per heavy atom. The highest BCUT2D eigenvalue weighted by molar-refractivity contribution is 6.21. The summed E-state index contributed by atoms with van der Waals surface area (Å²) in [6.45, 7) is 0.279. The number of nitrogens with one attached hydrogen (secondary N) is 1. The van der Waals surface area contributed by atoms with Crippen molar-refractivity contribution in [2.45, 2.75) is 12.8 Å². The monoisotopic (exact) mass is 382 g/mol. The summed E-state index contributed by atoms with van der Waals surface area (Å²) in [5.41, 5.74) is 3.57. The minimum Gasteiger partial charge on any atom is -0.496 e. The molecule has 9 heteroatoms. The third kappa shape index (κ3) is 3.83. The number of hydrogen-bond donors (Lipinski definition) is 1. The number of carbonyl (C=O) groups excluding carboxylic acids is 2. The highest BCUT2D eigenvalue weighted by atomic mass is 16.6. The van der Waals surface area contributed by atoms with E-state index in [4.69, 9.17) is 4.74 Å². The summed E-state index contributed by atoms with van der Waals surface area (Å²) in [6.07, 6.45) is 2.57. The fourth-order valence-corrected chi connectivity index (χ4v) is 2.85. The lowest BCUT2D eigenvalue weighted by Gasteiger charge is -2.12. The summed E-state index contributed by atoms with van der Waals surface area (Å²) < 4.78 is 4.98. The van der Waals surface area contributed by atoms with Gasteiger partial charge in [-0.1, -0.05) is 12.1 Å². The number of benzene rings is 2. The van der Waals surface area contributed by atoms with E-state index >= 15 is 0 Å². The standard InChI is InChI=1S/C19H18N4O5/c1-28-13-8-9-16(17(12-13)23(26)27)21-20-10-4-5-11-22-18(24)14-6-2-3-7-15(14)19(22)25/h2-3,6-10,12,21H,4-5,11H2,1H3/b20-10-. The van der Waals surface area contributed by atoms with Gasteiger partial charge in [0.25, 0.3) is 17.5 Å². The Morgan fingerprint density at radius 3 is 2.46 bits per heavy atom. The first-order valence-corrected chi connectivity index (χ1v) is 8.58. The number of nitro groups is 1. The molecule has 0 bridgehead atoms. The second-order valence-electron chi connectivity index (χ2n) is 6.01. The van der Waals surface area contributed by atoms with E-state index in [1.54, 1.807) is 36.5 Å². The van der Waals surface area contributed by atoms with Crippen LogP contribution in [0.1, 0.15) is 33.6 Å². The molecule has 0 saturated carbocycles. The van der Waals surface area contributed by atoms with E-state index in [1.165, 1.54) is 24.1 Å². The molecule has 9 nitrogen and oxygen atoms in total. The second-order valence-corrected chi connectivity index (χ2v) is 6.01. The number of rotatable bonds is 8. The van der Waals surface area contributed by atoms with Crippen LogP contribution >= 0.6 is 0 Å². The molecule has 144 valence electrons. The highest BCUT2D eigenvalue weighted by Gasteiger charge is 2.34. The summed E-state index contributed by atoms with van der Waals surface area (Å²) in [6, 6.07) is 11.1. The second kappa shape index (κ2) is 8.30. The number of hydrogen-bond acceptors (Lipinski definition) is 7. The zero-order valence-corrected chi connectivity index (χ0v) is 15.1. The van der Waals surface area contributed by atoms with E-state index in [1.807, 2.05) is 0 Å². The van der Waals surface area contributed by atoms with E-state index in [-0.39, 0.29) is 29.7 Å². The van der Waals surface area contributed by atoms with Crippen LogP contribution in [0.2, 0.25) is 0 Å². The van der Waals surface area contributed by atoms with Gasteiger partial charge in [-0.05, 0) is 37.1 Å². The fourth-order valence-electron chi connectivity index (χ4n) is 2.85. The predicted octanol–water partition coefficient (Wildman–Crippen LogP) is 3.08. The van der Waals surface area contributed by atoms with Crippen molar-refractivity contribution in [2.24, 2.45) is 5.10 Å². The number of carbonyl (C=O) groups is 2. The normalized spacial score (nSPS) is 13.1. The van der Waals surface area contributed by atoms with E-state index in [0.717, 1.165) is 0 Å². The van der Waals surface area contributed by atoms with Crippen LogP contribution in [0, 0.1) is 10.1 Å². The van der Waals surface area contributed by atoms with Crippen LogP contribution in [0.25, 0.3) is 0 Å². The molecule has 0 aliphatic carbocycles. The summed E-state index contributed by atoms with van der Waals surface area (Å²) >= 11 is 0. The molecular weight excluding hydrogens is 364 g/mol. The number of unbranched alkanes of at least 4 members (excludes halogenated alkanes) is 1. The number of amides is 2. The Balaban J connectivity index is 1.52. The number of nitro benzene ring substituents is 1. The lowest BCUT2D eigenvalue weighted by Crippen LogP contribution is -2.30. The van der Waals surface area contributed by atoms with Crippen LogP contribution in [0.5, 0.6) is 5.75 Å². The van der Waals surface area contributed by atoms with Crippen LogP contribution < -0.4 is 10.2 Å². The third-order valence-corrected chi connectivity index (χ3v) is 4.27. The average molecular weight is 382 g/mol. The smallest absolute Gasteiger partial charge is 0.297 e. The first kappa shape index (κ1) is 19.0. The molecule has 2 aromatic carbocycles. The molecule has 2 aromatic rings. The average Bonchev–Trinajstić information content (AvgIpc) is 2.95. The van der Waals surface area contributed by atoms with Crippen molar-refractivity contribution >= 4 is 29.4 Å². The van der Waals surface area contributed by atoms with Crippen molar-refractivity contribution in [1.29, 1.82) is 0 Å². The molecule has 1 heterocycles. The van der Waals surface area contributed by atoms with Crippen molar-refractivity contribution in [3.8, 4) is 5.75 Å². The number of fused-ring (bicyclic) bond motifs is 1. The van der Waals surface area contributed by atoms with Crippen LogP contribution in [0.3, 0.4) is 0 Å². The van der Waals surface area contributed by atoms with E-state index in [0.29, 0.717) is 29.7 Å². The van der Waals surface area contributed by atoms with Crippen molar-refractivity contribution in [3.63, 3.8) is 0 Å². The molecule has 0 saturated heterocycles. The van der Waals surface area contributed by atoms with E-state index in [2.05, 4.69) is 10.5 Å². The molecular formula is C19H18N4O5. The van der Waals surface area contributed by atoms with Crippen molar-refractivity contribution in [2.75, 3.05) is 19.1 Å². The maximum absolute atomic E-state index is 12.3. The SMILES string of the molecule is COc1ccc(N/N=C\CCCN2C(=O)c3ccccc3C2=O)c([N+](=O)[O-])c1. The van der Waals surface area contributed by atoms with Crippen LogP contribution in [0.4, 0.5) is 11.4 Å². The molecule has 28 heavy (non-hydrogen) atoms. The number of hydrazone groups is 1. The Kier molecular flexibility index (Phi) is 5.64. The molecule has 0 unspecified atom stereocenters. The van der Waals surface area contributed by atoms with Gasteiger partial charge in [0.2, 0.25) is 0 Å². The highest BCUT2D eigenvalue weighted by Crippen LogP contribution is 2.28. The number of imide groups is 1. The lowest BCUT2D eigenvalue weighted by molar-refractivity contribution is -0.384. The Morgan fingerprint density at radius 1 is 1.18 bits per heavy atom. The van der Waals surface area contributed by atoms with Crippen molar-refractivity contribution in [3.05, 3.63) is 63.7 Å². The van der Waals surface area contributed by atoms with Gasteiger partial charge in [-0.2, -0.15) is 5.10 Å². The molecule has 2 amide bonds. The van der Waals surface area contributed by atoms with Crippen molar-refractivity contribution < 1.29 is 19.2 Å². The number of methoxy groups -OCH3 is 1. The van der Waals surface area contributed by atoms with Gasteiger partial charge in [-0.25, -0.2) is 0 Å². The molecule has 1 aliphatic heterocycles. The molecule has 3 rings (SSSR count). The number of anilines is 1. The summed E-state index contributed by atoms with van der Waals surface area (Å²) in [4.78, 5) is 36.3. The van der Waals surface area contributed by atoms with Gasteiger partial charge in [-0.3, -0.25) is 30.0 Å². The van der Waals surface area contributed by atoms with Gasteiger partial charge in [0.1, 0.15) is 11.4 Å². The topological polar surface area (TPSA) is 114 Å².